The Bertz CT molecular complexity index is 660. The van der Waals surface area contributed by atoms with E-state index >= 15 is 0 Å². The van der Waals surface area contributed by atoms with Crippen molar-refractivity contribution in [2.45, 2.75) is 0 Å². The highest BCUT2D eigenvalue weighted by molar-refractivity contribution is 6.08. The van der Waals surface area contributed by atoms with Crippen LogP contribution < -0.4 is 5.32 Å². The maximum Gasteiger partial charge on any atom is 0.374 e. The van der Waals surface area contributed by atoms with Gasteiger partial charge in [-0.2, -0.15) is 0 Å². The number of methoxy groups -OCH3 is 2. The predicted molar refractivity (Wildman–Crippen MR) is 76.4 cm³/mol. The number of anilines is 1. The quantitative estimate of drug-likeness (QED) is 0.872. The zero-order chi connectivity index (χ0) is 15.4. The van der Waals surface area contributed by atoms with Crippen molar-refractivity contribution in [3.8, 4) is 11.3 Å². The van der Waals surface area contributed by atoms with E-state index in [0.717, 1.165) is 5.56 Å². The third-order valence-electron chi connectivity index (χ3n) is 2.95. The van der Waals surface area contributed by atoms with Gasteiger partial charge in [-0.3, -0.25) is 0 Å². The summed E-state index contributed by atoms with van der Waals surface area (Å²) in [7, 11) is 4.08. The fourth-order valence-corrected chi connectivity index (χ4v) is 2.00. The Morgan fingerprint density at radius 3 is 2.19 bits per heavy atom. The van der Waals surface area contributed by atoms with Gasteiger partial charge in [0.05, 0.1) is 19.9 Å². The zero-order valence-electron chi connectivity index (χ0n) is 11.9. The van der Waals surface area contributed by atoms with Gasteiger partial charge in [-0.15, -0.1) is 0 Å². The molecule has 0 unspecified atom stereocenters. The molecule has 1 aromatic heterocycles. The number of hydrogen-bond donors (Lipinski definition) is 1. The molecular formula is C15H15NO5. The maximum atomic E-state index is 11.9. The molecule has 6 nitrogen and oxygen atoms in total. The standard InChI is InChI=1S/C15H15NO5/c1-16-11-10(14(17)19-2)13(15(18)20-3)21-12(11)9-7-5-4-6-8-9/h4-8,16H,1-3H3. The van der Waals surface area contributed by atoms with E-state index in [-0.39, 0.29) is 11.3 Å². The molecule has 0 bridgehead atoms. The number of furan rings is 1. The molecule has 2 rings (SSSR count). The highest BCUT2D eigenvalue weighted by Crippen LogP contribution is 2.36. The van der Waals surface area contributed by atoms with Crippen LogP contribution in [0.25, 0.3) is 11.3 Å². The van der Waals surface area contributed by atoms with Gasteiger partial charge in [0.25, 0.3) is 0 Å². The lowest BCUT2D eigenvalue weighted by Gasteiger charge is -2.04. The Hall–Kier alpha value is -2.76. The summed E-state index contributed by atoms with van der Waals surface area (Å²) in [6.07, 6.45) is 0. The van der Waals surface area contributed by atoms with Gasteiger partial charge in [-0.05, 0) is 0 Å². The molecule has 0 atom stereocenters. The summed E-state index contributed by atoms with van der Waals surface area (Å²) in [6, 6.07) is 9.12. The summed E-state index contributed by atoms with van der Waals surface area (Å²) in [6.45, 7) is 0. The van der Waals surface area contributed by atoms with E-state index in [0.29, 0.717) is 11.4 Å². The monoisotopic (exact) mass is 289 g/mol. The lowest BCUT2D eigenvalue weighted by Crippen LogP contribution is -2.11. The smallest absolute Gasteiger partial charge is 0.374 e. The first-order valence-electron chi connectivity index (χ1n) is 6.20. The van der Waals surface area contributed by atoms with Crippen molar-refractivity contribution in [3.63, 3.8) is 0 Å². The van der Waals surface area contributed by atoms with E-state index in [2.05, 4.69) is 10.1 Å². The first kappa shape index (κ1) is 14.6. The molecule has 1 aromatic carbocycles. The molecule has 6 heteroatoms. The van der Waals surface area contributed by atoms with Gasteiger partial charge in [0, 0.05) is 12.6 Å². The molecule has 21 heavy (non-hydrogen) atoms. The zero-order valence-corrected chi connectivity index (χ0v) is 11.9. The Morgan fingerprint density at radius 1 is 1.05 bits per heavy atom. The molecule has 1 N–H and O–H groups in total. The van der Waals surface area contributed by atoms with Crippen molar-refractivity contribution < 1.29 is 23.5 Å². The summed E-state index contributed by atoms with van der Waals surface area (Å²) in [5, 5.41) is 2.87. The molecular weight excluding hydrogens is 274 g/mol. The number of rotatable bonds is 4. The first-order valence-corrected chi connectivity index (χ1v) is 6.20. The van der Waals surface area contributed by atoms with Gasteiger partial charge in [-0.1, -0.05) is 30.3 Å². The summed E-state index contributed by atoms with van der Waals surface area (Å²) in [4.78, 5) is 23.8. The Labute approximate surface area is 121 Å². The van der Waals surface area contributed by atoms with Crippen molar-refractivity contribution in [2.24, 2.45) is 0 Å². The average molecular weight is 289 g/mol. The second kappa shape index (κ2) is 6.13. The van der Waals surface area contributed by atoms with Gasteiger partial charge in [0.2, 0.25) is 5.76 Å². The third-order valence-corrected chi connectivity index (χ3v) is 2.95. The Morgan fingerprint density at radius 2 is 1.67 bits per heavy atom. The number of carbonyl (C=O) groups excluding carboxylic acids is 2. The number of nitrogens with one attached hydrogen (secondary N) is 1. The minimum atomic E-state index is -0.742. The SMILES string of the molecule is CNc1c(-c2ccccc2)oc(C(=O)OC)c1C(=O)OC. The van der Waals surface area contributed by atoms with Crippen LogP contribution >= 0.6 is 0 Å². The van der Waals surface area contributed by atoms with Crippen LogP contribution in [0, 0.1) is 0 Å². The molecule has 0 fully saturated rings. The maximum absolute atomic E-state index is 11.9. The average Bonchev–Trinajstić information content (AvgIpc) is 2.93. The van der Waals surface area contributed by atoms with Gasteiger partial charge in [-0.25, -0.2) is 9.59 Å². The van der Waals surface area contributed by atoms with Crippen molar-refractivity contribution >= 4 is 17.6 Å². The fraction of sp³-hybridized carbons (Fsp3) is 0.200. The van der Waals surface area contributed by atoms with Crippen LogP contribution in [0.1, 0.15) is 20.9 Å². The van der Waals surface area contributed by atoms with E-state index in [1.165, 1.54) is 14.2 Å². The highest BCUT2D eigenvalue weighted by atomic mass is 16.5. The molecule has 0 aliphatic carbocycles. The van der Waals surface area contributed by atoms with Gasteiger partial charge in [0.15, 0.2) is 5.76 Å². The van der Waals surface area contributed by atoms with E-state index in [1.807, 2.05) is 30.3 Å². The van der Waals surface area contributed by atoms with Crippen LogP contribution in [0.5, 0.6) is 0 Å². The lowest BCUT2D eigenvalue weighted by molar-refractivity contribution is 0.0529. The number of ether oxygens (including phenoxy) is 2. The summed E-state index contributed by atoms with van der Waals surface area (Å²) in [5.74, 6) is -1.23. The second-order valence-corrected chi connectivity index (χ2v) is 4.11. The Kier molecular flexibility index (Phi) is 4.27. The topological polar surface area (TPSA) is 77.8 Å². The summed E-state index contributed by atoms with van der Waals surface area (Å²) < 4.78 is 14.9. The molecule has 0 aliphatic heterocycles. The van der Waals surface area contributed by atoms with Gasteiger partial charge < -0.3 is 19.2 Å². The Balaban J connectivity index is 2.70. The van der Waals surface area contributed by atoms with Crippen LogP contribution in [-0.2, 0) is 9.47 Å². The predicted octanol–water partition coefficient (Wildman–Crippen LogP) is 2.56. The van der Waals surface area contributed by atoms with E-state index in [1.54, 1.807) is 7.05 Å². The molecule has 2 aromatic rings. The van der Waals surface area contributed by atoms with Crippen LogP contribution in [-0.4, -0.2) is 33.2 Å². The van der Waals surface area contributed by atoms with Gasteiger partial charge >= 0.3 is 11.9 Å². The molecule has 0 spiro atoms. The minimum Gasteiger partial charge on any atom is -0.465 e. The first-order chi connectivity index (χ1) is 10.1. The van der Waals surface area contributed by atoms with Gasteiger partial charge in [0.1, 0.15) is 5.56 Å². The van der Waals surface area contributed by atoms with Crippen LogP contribution in [0.4, 0.5) is 5.69 Å². The van der Waals surface area contributed by atoms with E-state index in [4.69, 9.17) is 9.15 Å². The summed E-state index contributed by atoms with van der Waals surface area (Å²) >= 11 is 0. The number of hydrogen-bond acceptors (Lipinski definition) is 6. The number of carbonyl (C=O) groups is 2. The van der Waals surface area contributed by atoms with Crippen molar-refractivity contribution in [1.29, 1.82) is 0 Å². The normalized spacial score (nSPS) is 10.0. The molecule has 0 saturated heterocycles. The van der Waals surface area contributed by atoms with Crippen LogP contribution in [0.3, 0.4) is 0 Å². The highest BCUT2D eigenvalue weighted by Gasteiger charge is 2.31. The van der Waals surface area contributed by atoms with Crippen molar-refractivity contribution in [2.75, 3.05) is 26.6 Å². The van der Waals surface area contributed by atoms with E-state index in [9.17, 15) is 9.59 Å². The molecule has 1 heterocycles. The van der Waals surface area contributed by atoms with Crippen molar-refractivity contribution in [1.82, 2.24) is 0 Å². The van der Waals surface area contributed by atoms with Crippen molar-refractivity contribution in [3.05, 3.63) is 41.7 Å². The number of benzene rings is 1. The molecule has 0 saturated carbocycles. The van der Waals surface area contributed by atoms with Crippen LogP contribution in [0.15, 0.2) is 34.7 Å². The molecule has 0 radical (unpaired) electrons. The number of esters is 2. The van der Waals surface area contributed by atoms with Crippen LogP contribution in [0.2, 0.25) is 0 Å². The molecule has 0 amide bonds. The third kappa shape index (κ3) is 2.60. The fourth-order valence-electron chi connectivity index (χ4n) is 2.00. The largest absolute Gasteiger partial charge is 0.465 e. The van der Waals surface area contributed by atoms with E-state index < -0.39 is 11.9 Å². The second-order valence-electron chi connectivity index (χ2n) is 4.11. The minimum absolute atomic E-state index is 0.0192. The molecule has 0 aliphatic rings. The lowest BCUT2D eigenvalue weighted by atomic mass is 10.1. The molecule has 110 valence electrons. The summed E-state index contributed by atoms with van der Waals surface area (Å²) in [5.41, 5.74) is 1.13.